The molecule has 1 fully saturated rings. The zero-order chi connectivity index (χ0) is 14.6. The van der Waals surface area contributed by atoms with Gasteiger partial charge in [-0.3, -0.25) is 4.79 Å². The van der Waals surface area contributed by atoms with E-state index in [1.54, 1.807) is 18.4 Å². The van der Waals surface area contributed by atoms with Crippen LogP contribution in [0.3, 0.4) is 0 Å². The van der Waals surface area contributed by atoms with Crippen molar-refractivity contribution < 1.29 is 13.2 Å². The maximum absolute atomic E-state index is 12.0. The summed E-state index contributed by atoms with van der Waals surface area (Å²) in [7, 11) is -3.61. The number of halogens is 1. The van der Waals surface area contributed by atoms with Crippen molar-refractivity contribution in [1.82, 2.24) is 15.4 Å². The smallest absolute Gasteiger partial charge is 0.250 e. The molecule has 21 heavy (non-hydrogen) atoms. The Kier molecular flexibility index (Phi) is 7.08. The fraction of sp³-hybridized carbons (Fsp3) is 0.583. The van der Waals surface area contributed by atoms with Crippen molar-refractivity contribution in [3.63, 3.8) is 0 Å². The first-order valence-electron chi connectivity index (χ1n) is 6.56. The number of sulfonamides is 1. The second kappa shape index (κ2) is 8.09. The minimum absolute atomic E-state index is 0. The number of carbonyl (C=O) groups excluding carboxylic acids is 1. The molecule has 3 N–H and O–H groups in total. The molecule has 1 aliphatic rings. The zero-order valence-corrected chi connectivity index (χ0v) is 14.1. The molecule has 0 spiro atoms. The minimum atomic E-state index is -3.61. The van der Waals surface area contributed by atoms with Gasteiger partial charge in [-0.2, -0.15) is 4.72 Å². The van der Waals surface area contributed by atoms with Crippen LogP contribution in [0, 0.1) is 0 Å². The van der Waals surface area contributed by atoms with E-state index in [1.165, 1.54) is 6.07 Å². The zero-order valence-electron chi connectivity index (χ0n) is 11.7. The van der Waals surface area contributed by atoms with Gasteiger partial charge >= 0.3 is 0 Å². The number of hydrogen-bond donors (Lipinski definition) is 3. The topological polar surface area (TPSA) is 87.3 Å². The van der Waals surface area contributed by atoms with Crippen molar-refractivity contribution in [2.45, 2.75) is 36.1 Å². The quantitative estimate of drug-likeness (QED) is 0.702. The molecule has 9 heteroatoms. The van der Waals surface area contributed by atoms with Crippen LogP contribution in [-0.4, -0.2) is 39.5 Å². The lowest BCUT2D eigenvalue weighted by atomic mass is 10.2. The normalized spacial score (nSPS) is 19.8. The number of rotatable bonds is 6. The van der Waals surface area contributed by atoms with Gasteiger partial charge in [0.1, 0.15) is 4.21 Å². The first-order valence-corrected chi connectivity index (χ1v) is 8.92. The molecule has 2 unspecified atom stereocenters. The van der Waals surface area contributed by atoms with Crippen LogP contribution in [0.5, 0.6) is 0 Å². The minimum Gasteiger partial charge on any atom is -0.353 e. The van der Waals surface area contributed by atoms with Gasteiger partial charge in [-0.1, -0.05) is 6.07 Å². The number of thiophene rings is 1. The second-order valence-electron chi connectivity index (χ2n) is 4.81. The highest BCUT2D eigenvalue weighted by atomic mass is 35.5. The third-order valence-corrected chi connectivity index (χ3v) is 6.11. The summed E-state index contributed by atoms with van der Waals surface area (Å²) in [6, 6.07) is 2.68. The van der Waals surface area contributed by atoms with Crippen LogP contribution in [0.25, 0.3) is 0 Å². The van der Waals surface area contributed by atoms with E-state index in [0.29, 0.717) is 12.6 Å². The summed E-state index contributed by atoms with van der Waals surface area (Å²) in [5, 5.41) is 7.72. The van der Waals surface area contributed by atoms with E-state index >= 15 is 0 Å². The average molecular weight is 354 g/mol. The molecule has 0 saturated carbocycles. The maximum Gasteiger partial charge on any atom is 0.250 e. The lowest BCUT2D eigenvalue weighted by Gasteiger charge is -2.16. The monoisotopic (exact) mass is 353 g/mol. The Morgan fingerprint density at radius 2 is 2.33 bits per heavy atom. The molecule has 1 saturated heterocycles. The highest BCUT2D eigenvalue weighted by Crippen LogP contribution is 2.15. The van der Waals surface area contributed by atoms with Crippen LogP contribution in [0.15, 0.2) is 21.7 Å². The summed E-state index contributed by atoms with van der Waals surface area (Å²) < 4.78 is 26.6. The molecule has 0 bridgehead atoms. The maximum atomic E-state index is 12.0. The molecule has 120 valence electrons. The Hall–Kier alpha value is -0.670. The highest BCUT2D eigenvalue weighted by Gasteiger charge is 2.23. The molecule has 0 radical (unpaired) electrons. The molecule has 2 atom stereocenters. The summed E-state index contributed by atoms with van der Waals surface area (Å²) in [6.07, 6.45) is 2.15. The highest BCUT2D eigenvalue weighted by molar-refractivity contribution is 7.91. The number of carbonyl (C=O) groups is 1. The van der Waals surface area contributed by atoms with Crippen LogP contribution in [0.2, 0.25) is 0 Å². The van der Waals surface area contributed by atoms with Gasteiger partial charge in [-0.25, -0.2) is 8.42 Å². The van der Waals surface area contributed by atoms with Crippen molar-refractivity contribution in [2.24, 2.45) is 0 Å². The SMILES string of the molecule is CC(NS(=O)(=O)c1cccs1)C(=O)NCC1CCCN1.Cl. The Morgan fingerprint density at radius 1 is 1.57 bits per heavy atom. The molecular weight excluding hydrogens is 334 g/mol. The third kappa shape index (κ3) is 5.23. The Bertz CT molecular complexity index is 542. The number of nitrogens with one attached hydrogen (secondary N) is 3. The van der Waals surface area contributed by atoms with Crippen molar-refractivity contribution in [1.29, 1.82) is 0 Å². The molecule has 1 amide bonds. The van der Waals surface area contributed by atoms with Gasteiger partial charge in [0, 0.05) is 12.6 Å². The fourth-order valence-electron chi connectivity index (χ4n) is 2.07. The largest absolute Gasteiger partial charge is 0.353 e. The Morgan fingerprint density at radius 3 is 2.90 bits per heavy atom. The molecular formula is C12H20ClN3O3S2. The molecule has 1 aromatic rings. The van der Waals surface area contributed by atoms with E-state index in [0.717, 1.165) is 30.7 Å². The van der Waals surface area contributed by atoms with Gasteiger partial charge < -0.3 is 10.6 Å². The van der Waals surface area contributed by atoms with Crippen molar-refractivity contribution in [2.75, 3.05) is 13.1 Å². The summed E-state index contributed by atoms with van der Waals surface area (Å²) >= 11 is 1.13. The molecule has 0 aliphatic carbocycles. The Labute approximate surface area is 135 Å². The van der Waals surface area contributed by atoms with E-state index in [4.69, 9.17) is 0 Å². The standard InChI is InChI=1S/C12H19N3O3S2.ClH/c1-9(12(16)14-8-10-4-2-6-13-10)15-20(17,18)11-5-3-7-19-11;/h3,5,7,9-10,13,15H,2,4,6,8H2,1H3,(H,14,16);1H. The van der Waals surface area contributed by atoms with Gasteiger partial charge in [-0.05, 0) is 37.8 Å². The third-order valence-electron chi connectivity index (χ3n) is 3.17. The van der Waals surface area contributed by atoms with E-state index in [9.17, 15) is 13.2 Å². The van der Waals surface area contributed by atoms with E-state index in [1.807, 2.05) is 0 Å². The number of hydrogen-bond acceptors (Lipinski definition) is 5. The van der Waals surface area contributed by atoms with Gasteiger partial charge in [-0.15, -0.1) is 23.7 Å². The van der Waals surface area contributed by atoms with Gasteiger partial charge in [0.05, 0.1) is 6.04 Å². The van der Waals surface area contributed by atoms with E-state index < -0.39 is 16.1 Å². The van der Waals surface area contributed by atoms with E-state index in [-0.39, 0.29) is 22.5 Å². The first kappa shape index (κ1) is 18.4. The second-order valence-corrected chi connectivity index (χ2v) is 7.70. The van der Waals surface area contributed by atoms with Crippen molar-refractivity contribution in [3.05, 3.63) is 17.5 Å². The predicted octanol–water partition coefficient (Wildman–Crippen LogP) is 0.705. The average Bonchev–Trinajstić information content (AvgIpc) is 3.08. The molecule has 1 aliphatic heterocycles. The van der Waals surface area contributed by atoms with Gasteiger partial charge in [0.2, 0.25) is 5.91 Å². The van der Waals surface area contributed by atoms with E-state index in [2.05, 4.69) is 15.4 Å². The first-order chi connectivity index (χ1) is 9.49. The predicted molar refractivity (Wildman–Crippen MR) is 85.4 cm³/mol. The van der Waals surface area contributed by atoms with Crippen LogP contribution < -0.4 is 15.4 Å². The molecule has 0 aromatic carbocycles. The van der Waals surface area contributed by atoms with Crippen molar-refractivity contribution in [3.8, 4) is 0 Å². The Balaban J connectivity index is 0.00000220. The fourth-order valence-corrected chi connectivity index (χ4v) is 4.28. The molecule has 1 aromatic heterocycles. The van der Waals surface area contributed by atoms with Crippen LogP contribution >= 0.6 is 23.7 Å². The number of amides is 1. The van der Waals surface area contributed by atoms with Crippen LogP contribution in [-0.2, 0) is 14.8 Å². The lowest BCUT2D eigenvalue weighted by molar-refractivity contribution is -0.122. The summed E-state index contributed by atoms with van der Waals surface area (Å²) in [5.41, 5.74) is 0. The van der Waals surface area contributed by atoms with Gasteiger partial charge in [0.15, 0.2) is 0 Å². The lowest BCUT2D eigenvalue weighted by Crippen LogP contribution is -2.47. The summed E-state index contributed by atoms with van der Waals surface area (Å²) in [6.45, 7) is 3.05. The van der Waals surface area contributed by atoms with Crippen molar-refractivity contribution >= 4 is 39.7 Å². The molecule has 2 rings (SSSR count). The summed E-state index contributed by atoms with van der Waals surface area (Å²) in [5.74, 6) is -0.307. The summed E-state index contributed by atoms with van der Waals surface area (Å²) in [4.78, 5) is 11.9. The van der Waals surface area contributed by atoms with Gasteiger partial charge in [0.25, 0.3) is 10.0 Å². The van der Waals surface area contributed by atoms with Crippen LogP contribution in [0.1, 0.15) is 19.8 Å². The molecule has 2 heterocycles. The molecule has 6 nitrogen and oxygen atoms in total. The van der Waals surface area contributed by atoms with Crippen LogP contribution in [0.4, 0.5) is 0 Å².